The molecule has 0 aliphatic carbocycles. The lowest BCUT2D eigenvalue weighted by Crippen LogP contribution is -2.06. The van der Waals surface area contributed by atoms with Crippen LogP contribution in [-0.4, -0.2) is 16.9 Å². The predicted molar refractivity (Wildman–Crippen MR) is 68.2 cm³/mol. The van der Waals surface area contributed by atoms with Gasteiger partial charge in [-0.05, 0) is 24.6 Å². The van der Waals surface area contributed by atoms with Gasteiger partial charge in [-0.3, -0.25) is 4.68 Å². The second-order valence-corrected chi connectivity index (χ2v) is 4.05. The quantitative estimate of drug-likeness (QED) is 0.879. The number of nitrogens with one attached hydrogen (secondary N) is 1. The molecule has 0 saturated carbocycles. The van der Waals surface area contributed by atoms with Gasteiger partial charge in [0.2, 0.25) is 0 Å². The molecule has 1 atom stereocenters. The first-order chi connectivity index (χ1) is 8.19. The van der Waals surface area contributed by atoms with Crippen molar-refractivity contribution in [1.82, 2.24) is 9.78 Å². The number of hydrogen-bond acceptors (Lipinski definition) is 3. The molecule has 17 heavy (non-hydrogen) atoms. The van der Waals surface area contributed by atoms with Gasteiger partial charge in [-0.15, -0.1) is 0 Å². The number of anilines is 1. The lowest BCUT2D eigenvalue weighted by atomic mass is 10.1. The Balaban J connectivity index is 2.11. The van der Waals surface area contributed by atoms with Gasteiger partial charge in [0.25, 0.3) is 0 Å². The molecule has 90 valence electrons. The highest BCUT2D eigenvalue weighted by atomic mass is 16.5. The normalized spacial score (nSPS) is 12.2. The largest absolute Gasteiger partial charge is 0.497 e. The SMILES string of the molecule is COc1cccc(C(C)Nc2cnn(C)c2)c1. The van der Waals surface area contributed by atoms with Crippen LogP contribution in [0.4, 0.5) is 5.69 Å². The minimum Gasteiger partial charge on any atom is -0.497 e. The van der Waals surface area contributed by atoms with Crippen molar-refractivity contribution in [3.8, 4) is 5.75 Å². The Kier molecular flexibility index (Phi) is 3.32. The Morgan fingerprint density at radius 3 is 2.88 bits per heavy atom. The standard InChI is InChI=1S/C13H17N3O/c1-10(15-12-8-14-16(2)9-12)11-5-4-6-13(7-11)17-3/h4-10,15H,1-3H3. The van der Waals surface area contributed by atoms with Gasteiger partial charge in [0.15, 0.2) is 0 Å². The monoisotopic (exact) mass is 231 g/mol. The van der Waals surface area contributed by atoms with E-state index in [1.54, 1.807) is 11.8 Å². The van der Waals surface area contributed by atoms with Gasteiger partial charge in [-0.25, -0.2) is 0 Å². The predicted octanol–water partition coefficient (Wildman–Crippen LogP) is 2.60. The lowest BCUT2D eigenvalue weighted by molar-refractivity contribution is 0.414. The summed E-state index contributed by atoms with van der Waals surface area (Å²) < 4.78 is 6.99. The highest BCUT2D eigenvalue weighted by Crippen LogP contribution is 2.22. The number of hydrogen-bond donors (Lipinski definition) is 1. The third-order valence-corrected chi connectivity index (χ3v) is 2.68. The third kappa shape index (κ3) is 2.78. The van der Waals surface area contributed by atoms with E-state index in [0.717, 1.165) is 11.4 Å². The first kappa shape index (κ1) is 11.5. The Bertz CT molecular complexity index is 493. The molecule has 0 fully saturated rings. The van der Waals surface area contributed by atoms with Gasteiger partial charge >= 0.3 is 0 Å². The zero-order valence-electron chi connectivity index (χ0n) is 10.3. The van der Waals surface area contributed by atoms with Crippen LogP contribution < -0.4 is 10.1 Å². The Hall–Kier alpha value is -1.97. The van der Waals surface area contributed by atoms with Crippen molar-refractivity contribution >= 4 is 5.69 Å². The van der Waals surface area contributed by atoms with Crippen molar-refractivity contribution in [1.29, 1.82) is 0 Å². The van der Waals surface area contributed by atoms with E-state index in [-0.39, 0.29) is 6.04 Å². The smallest absolute Gasteiger partial charge is 0.119 e. The van der Waals surface area contributed by atoms with Gasteiger partial charge in [0.1, 0.15) is 5.75 Å². The summed E-state index contributed by atoms with van der Waals surface area (Å²) in [6.07, 6.45) is 3.77. The van der Waals surface area contributed by atoms with Crippen LogP contribution in [0.2, 0.25) is 0 Å². The zero-order chi connectivity index (χ0) is 12.3. The van der Waals surface area contributed by atoms with E-state index in [1.165, 1.54) is 5.56 Å². The molecule has 2 aromatic rings. The first-order valence-electron chi connectivity index (χ1n) is 5.58. The maximum absolute atomic E-state index is 5.22. The lowest BCUT2D eigenvalue weighted by Gasteiger charge is -2.14. The summed E-state index contributed by atoms with van der Waals surface area (Å²) in [5, 5.41) is 7.52. The van der Waals surface area contributed by atoms with Gasteiger partial charge < -0.3 is 10.1 Å². The van der Waals surface area contributed by atoms with Crippen LogP contribution in [0.1, 0.15) is 18.5 Å². The van der Waals surface area contributed by atoms with E-state index in [2.05, 4.69) is 23.4 Å². The van der Waals surface area contributed by atoms with Crippen LogP contribution >= 0.6 is 0 Å². The summed E-state index contributed by atoms with van der Waals surface area (Å²) in [4.78, 5) is 0. The molecule has 1 unspecified atom stereocenters. The molecule has 0 radical (unpaired) electrons. The van der Waals surface area contributed by atoms with Gasteiger partial charge in [0.05, 0.1) is 19.0 Å². The second-order valence-electron chi connectivity index (χ2n) is 4.05. The third-order valence-electron chi connectivity index (χ3n) is 2.68. The molecule has 0 bridgehead atoms. The van der Waals surface area contributed by atoms with Crippen molar-refractivity contribution in [2.75, 3.05) is 12.4 Å². The summed E-state index contributed by atoms with van der Waals surface area (Å²) in [6.45, 7) is 2.11. The van der Waals surface area contributed by atoms with Crippen molar-refractivity contribution in [2.24, 2.45) is 7.05 Å². The molecule has 2 rings (SSSR count). The minimum atomic E-state index is 0.217. The number of rotatable bonds is 4. The zero-order valence-corrected chi connectivity index (χ0v) is 10.3. The molecule has 4 heteroatoms. The fourth-order valence-electron chi connectivity index (χ4n) is 1.74. The molecule has 0 amide bonds. The Labute approximate surface area is 101 Å². The van der Waals surface area contributed by atoms with E-state index in [4.69, 9.17) is 4.74 Å². The van der Waals surface area contributed by atoms with E-state index in [1.807, 2.05) is 37.6 Å². The molecule has 0 saturated heterocycles. The number of aryl methyl sites for hydroxylation is 1. The van der Waals surface area contributed by atoms with E-state index >= 15 is 0 Å². The van der Waals surface area contributed by atoms with Crippen molar-refractivity contribution in [3.05, 3.63) is 42.2 Å². The van der Waals surface area contributed by atoms with E-state index in [9.17, 15) is 0 Å². The number of methoxy groups -OCH3 is 1. The topological polar surface area (TPSA) is 39.1 Å². The van der Waals surface area contributed by atoms with Crippen LogP contribution in [0.5, 0.6) is 5.75 Å². The number of nitrogens with zero attached hydrogens (tertiary/aromatic N) is 2. The molecular formula is C13H17N3O. The van der Waals surface area contributed by atoms with Crippen LogP contribution in [0.25, 0.3) is 0 Å². The summed E-state index contributed by atoms with van der Waals surface area (Å²) in [6, 6.07) is 8.27. The molecule has 0 spiro atoms. The minimum absolute atomic E-state index is 0.217. The van der Waals surface area contributed by atoms with Gasteiger partial charge in [0, 0.05) is 19.3 Å². The molecule has 0 aliphatic heterocycles. The molecule has 1 aromatic carbocycles. The van der Waals surface area contributed by atoms with E-state index in [0.29, 0.717) is 0 Å². The number of aromatic nitrogens is 2. The van der Waals surface area contributed by atoms with Gasteiger partial charge in [-0.1, -0.05) is 12.1 Å². The highest BCUT2D eigenvalue weighted by molar-refractivity contribution is 5.42. The van der Waals surface area contributed by atoms with Gasteiger partial charge in [-0.2, -0.15) is 5.10 Å². The van der Waals surface area contributed by atoms with E-state index < -0.39 is 0 Å². The van der Waals surface area contributed by atoms with Crippen LogP contribution in [0.3, 0.4) is 0 Å². The maximum atomic E-state index is 5.22. The molecular weight excluding hydrogens is 214 g/mol. The van der Waals surface area contributed by atoms with Crippen LogP contribution in [0.15, 0.2) is 36.7 Å². The maximum Gasteiger partial charge on any atom is 0.119 e. The molecule has 1 aromatic heterocycles. The average Bonchev–Trinajstić information content (AvgIpc) is 2.75. The fourth-order valence-corrected chi connectivity index (χ4v) is 1.74. The average molecular weight is 231 g/mol. The molecule has 1 N–H and O–H groups in total. The van der Waals surface area contributed by atoms with Crippen molar-refractivity contribution in [3.63, 3.8) is 0 Å². The highest BCUT2D eigenvalue weighted by Gasteiger charge is 2.07. The second kappa shape index (κ2) is 4.91. The van der Waals surface area contributed by atoms with Crippen LogP contribution in [0, 0.1) is 0 Å². The summed E-state index contributed by atoms with van der Waals surface area (Å²) >= 11 is 0. The number of benzene rings is 1. The first-order valence-corrected chi connectivity index (χ1v) is 5.58. The molecule has 4 nitrogen and oxygen atoms in total. The fraction of sp³-hybridized carbons (Fsp3) is 0.308. The summed E-state index contributed by atoms with van der Waals surface area (Å²) in [5.74, 6) is 0.877. The summed E-state index contributed by atoms with van der Waals surface area (Å²) in [7, 11) is 3.58. The Morgan fingerprint density at radius 2 is 2.24 bits per heavy atom. The summed E-state index contributed by atoms with van der Waals surface area (Å²) in [5.41, 5.74) is 2.20. The van der Waals surface area contributed by atoms with Crippen molar-refractivity contribution in [2.45, 2.75) is 13.0 Å². The molecule has 0 aliphatic rings. The number of ether oxygens (including phenoxy) is 1. The van der Waals surface area contributed by atoms with Crippen molar-refractivity contribution < 1.29 is 4.74 Å². The van der Waals surface area contributed by atoms with Crippen LogP contribution in [-0.2, 0) is 7.05 Å². The Morgan fingerprint density at radius 1 is 1.41 bits per heavy atom. The molecule has 1 heterocycles.